The smallest absolute Gasteiger partial charge is 0.320 e. The van der Waals surface area contributed by atoms with E-state index in [-0.39, 0.29) is 37.0 Å². The molecule has 0 radical (unpaired) electrons. The highest BCUT2D eigenvalue weighted by molar-refractivity contribution is 5.93. The van der Waals surface area contributed by atoms with Crippen molar-refractivity contribution < 1.29 is 33.8 Å². The predicted molar refractivity (Wildman–Crippen MR) is 147 cm³/mol. The molecule has 1 fully saturated rings. The summed E-state index contributed by atoms with van der Waals surface area (Å²) in [6, 6.07) is 8.76. The fraction of sp³-hybridized carbons (Fsp3) is 0.633. The first kappa shape index (κ1) is 32.1. The number of nitrogens with zero attached hydrogens (tertiary/aromatic N) is 1. The second kappa shape index (κ2) is 16.8. The molecule has 1 aliphatic heterocycles. The number of piperidine rings is 1. The van der Waals surface area contributed by atoms with Crippen molar-refractivity contribution in [3.63, 3.8) is 0 Å². The lowest BCUT2D eigenvalue weighted by molar-refractivity contribution is -0.153. The Labute approximate surface area is 231 Å². The number of aliphatic carboxylic acids is 1. The summed E-state index contributed by atoms with van der Waals surface area (Å²) in [4.78, 5) is 64.4. The number of carboxylic acid groups (broad SMARTS) is 1. The number of amides is 1. The van der Waals surface area contributed by atoms with Crippen molar-refractivity contribution in [3.05, 3.63) is 35.9 Å². The van der Waals surface area contributed by atoms with Crippen LogP contribution >= 0.6 is 0 Å². The van der Waals surface area contributed by atoms with Gasteiger partial charge in [0.2, 0.25) is 5.91 Å². The van der Waals surface area contributed by atoms with Gasteiger partial charge in [-0.3, -0.25) is 24.1 Å². The summed E-state index contributed by atoms with van der Waals surface area (Å²) in [6.07, 6.45) is 4.24. The maximum Gasteiger partial charge on any atom is 0.320 e. The molecule has 39 heavy (non-hydrogen) atoms. The quantitative estimate of drug-likeness (QED) is 0.285. The second-order valence-electron chi connectivity index (χ2n) is 11.0. The third kappa shape index (κ3) is 12.6. The van der Waals surface area contributed by atoms with E-state index in [9.17, 15) is 29.1 Å². The maximum atomic E-state index is 13.2. The van der Waals surface area contributed by atoms with Gasteiger partial charge in [-0.05, 0) is 63.6 Å². The molecule has 216 valence electrons. The number of aryl methyl sites for hydroxylation is 1. The second-order valence-corrected chi connectivity index (χ2v) is 11.0. The topological polar surface area (TPSA) is 130 Å². The zero-order chi connectivity index (χ0) is 28.8. The minimum Gasteiger partial charge on any atom is -0.481 e. The third-order valence-electron chi connectivity index (χ3n) is 6.98. The van der Waals surface area contributed by atoms with Crippen LogP contribution in [0.15, 0.2) is 30.3 Å². The fourth-order valence-electron chi connectivity index (χ4n) is 4.83. The Kier molecular flexibility index (Phi) is 13.8. The Hall–Kier alpha value is -3.07. The standard InChI is InChI=1S/C30H44N2O7/c1-21(2)16-26(31-29(36)24(17-22(3)33)13-12-23-10-6-4-7-11-23)27(34)18-25(30(37)38)20-39-28(35)19-32-14-8-5-9-15-32/h4,6-7,10-11,21,24-26H,5,8-9,12-20H2,1-3H3,(H,31,36)(H,37,38)/t24-,25+,26+/m1/s1. The first-order valence-electron chi connectivity index (χ1n) is 14.0. The van der Waals surface area contributed by atoms with E-state index in [1.807, 2.05) is 49.1 Å². The van der Waals surface area contributed by atoms with E-state index < -0.39 is 42.2 Å². The number of carbonyl (C=O) groups is 5. The normalized spacial score (nSPS) is 16.2. The molecular formula is C30H44N2O7. The molecule has 1 aliphatic rings. The molecule has 1 aromatic rings. The Morgan fingerprint density at radius 3 is 2.23 bits per heavy atom. The van der Waals surface area contributed by atoms with Gasteiger partial charge >= 0.3 is 11.9 Å². The zero-order valence-electron chi connectivity index (χ0n) is 23.5. The van der Waals surface area contributed by atoms with Crippen LogP contribution in [0.4, 0.5) is 0 Å². The monoisotopic (exact) mass is 544 g/mol. The molecule has 1 saturated heterocycles. The van der Waals surface area contributed by atoms with Gasteiger partial charge in [0.05, 0.1) is 18.5 Å². The minimum absolute atomic E-state index is 0.0560. The average molecular weight is 545 g/mol. The zero-order valence-corrected chi connectivity index (χ0v) is 23.5. The van der Waals surface area contributed by atoms with Crippen LogP contribution < -0.4 is 5.32 Å². The molecule has 1 amide bonds. The van der Waals surface area contributed by atoms with Crippen molar-refractivity contribution in [1.82, 2.24) is 10.2 Å². The van der Waals surface area contributed by atoms with Crippen molar-refractivity contribution in [2.24, 2.45) is 17.8 Å². The van der Waals surface area contributed by atoms with E-state index in [1.165, 1.54) is 6.92 Å². The Morgan fingerprint density at radius 2 is 1.64 bits per heavy atom. The summed E-state index contributed by atoms with van der Waals surface area (Å²) < 4.78 is 5.23. The Balaban J connectivity index is 2.00. The van der Waals surface area contributed by atoms with Gasteiger partial charge in [0.15, 0.2) is 5.78 Å². The van der Waals surface area contributed by atoms with Crippen LogP contribution in [-0.2, 0) is 35.1 Å². The number of ether oxygens (including phenoxy) is 1. The molecular weight excluding hydrogens is 500 g/mol. The van der Waals surface area contributed by atoms with Crippen LogP contribution in [0.5, 0.6) is 0 Å². The van der Waals surface area contributed by atoms with Gasteiger partial charge < -0.3 is 20.0 Å². The molecule has 0 aromatic heterocycles. The van der Waals surface area contributed by atoms with Crippen LogP contribution in [0.3, 0.4) is 0 Å². The number of esters is 1. The Bertz CT molecular complexity index is 957. The number of carbonyl (C=O) groups excluding carboxylic acids is 4. The van der Waals surface area contributed by atoms with Crippen molar-refractivity contribution in [2.45, 2.75) is 78.2 Å². The number of carboxylic acids is 1. The maximum absolute atomic E-state index is 13.2. The molecule has 1 heterocycles. The molecule has 0 spiro atoms. The first-order valence-corrected chi connectivity index (χ1v) is 14.0. The van der Waals surface area contributed by atoms with Gasteiger partial charge in [0, 0.05) is 18.8 Å². The molecule has 0 saturated carbocycles. The van der Waals surface area contributed by atoms with Crippen molar-refractivity contribution in [3.8, 4) is 0 Å². The van der Waals surface area contributed by atoms with Crippen molar-refractivity contribution >= 4 is 29.4 Å². The van der Waals surface area contributed by atoms with Gasteiger partial charge in [-0.25, -0.2) is 0 Å². The highest BCUT2D eigenvalue weighted by Crippen LogP contribution is 2.18. The summed E-state index contributed by atoms with van der Waals surface area (Å²) in [6.45, 7) is 6.57. The van der Waals surface area contributed by atoms with E-state index in [1.54, 1.807) is 0 Å². The lowest BCUT2D eigenvalue weighted by atomic mass is 9.91. The summed E-state index contributed by atoms with van der Waals surface area (Å²) >= 11 is 0. The molecule has 0 bridgehead atoms. The Morgan fingerprint density at radius 1 is 0.974 bits per heavy atom. The van der Waals surface area contributed by atoms with E-state index in [4.69, 9.17) is 4.74 Å². The van der Waals surface area contributed by atoms with E-state index in [2.05, 4.69) is 5.32 Å². The van der Waals surface area contributed by atoms with Crippen LogP contribution in [0.1, 0.15) is 71.3 Å². The minimum atomic E-state index is -1.24. The highest BCUT2D eigenvalue weighted by Gasteiger charge is 2.31. The van der Waals surface area contributed by atoms with Crippen LogP contribution in [0.25, 0.3) is 0 Å². The molecule has 2 rings (SSSR count). The van der Waals surface area contributed by atoms with E-state index >= 15 is 0 Å². The number of nitrogens with one attached hydrogen (secondary N) is 1. The summed E-state index contributed by atoms with van der Waals surface area (Å²) in [5.74, 6) is -4.43. The first-order chi connectivity index (χ1) is 18.5. The SMILES string of the molecule is CC(=O)C[C@@H](CCc1ccccc1)C(=O)N[C@@H](CC(C)C)C(=O)C[C@@H](COC(=O)CN1CCCCC1)C(=O)O. The van der Waals surface area contributed by atoms with Gasteiger partial charge in [-0.2, -0.15) is 0 Å². The van der Waals surface area contributed by atoms with E-state index in [0.29, 0.717) is 19.3 Å². The van der Waals surface area contributed by atoms with Crippen LogP contribution in [0, 0.1) is 17.8 Å². The number of rotatable bonds is 17. The molecule has 3 atom stereocenters. The molecule has 0 aliphatic carbocycles. The molecule has 2 N–H and O–H groups in total. The van der Waals surface area contributed by atoms with Gasteiger partial charge in [0.25, 0.3) is 0 Å². The number of hydrogen-bond acceptors (Lipinski definition) is 7. The number of likely N-dealkylation sites (tertiary alicyclic amines) is 1. The summed E-state index contributed by atoms with van der Waals surface area (Å²) in [7, 11) is 0. The van der Waals surface area contributed by atoms with Crippen molar-refractivity contribution in [2.75, 3.05) is 26.2 Å². The summed E-state index contributed by atoms with van der Waals surface area (Å²) in [5.41, 5.74) is 1.05. The number of benzene rings is 1. The highest BCUT2D eigenvalue weighted by atomic mass is 16.5. The van der Waals surface area contributed by atoms with E-state index in [0.717, 1.165) is 37.9 Å². The number of Topliss-reactive ketones (excluding diaryl/α,β-unsaturated/α-hetero) is 2. The van der Waals surface area contributed by atoms with Gasteiger partial charge in [-0.15, -0.1) is 0 Å². The summed E-state index contributed by atoms with van der Waals surface area (Å²) in [5, 5.41) is 12.5. The van der Waals surface area contributed by atoms with Gasteiger partial charge in [0.1, 0.15) is 12.4 Å². The van der Waals surface area contributed by atoms with Gasteiger partial charge in [-0.1, -0.05) is 50.6 Å². The number of ketones is 2. The third-order valence-corrected chi connectivity index (χ3v) is 6.98. The average Bonchev–Trinajstić information content (AvgIpc) is 2.88. The molecule has 1 aromatic carbocycles. The predicted octanol–water partition coefficient (Wildman–Crippen LogP) is 3.43. The molecule has 9 heteroatoms. The van der Waals surface area contributed by atoms with Crippen LogP contribution in [0.2, 0.25) is 0 Å². The molecule has 0 unspecified atom stereocenters. The number of hydrogen-bond donors (Lipinski definition) is 2. The lowest BCUT2D eigenvalue weighted by Crippen LogP contribution is -2.46. The largest absolute Gasteiger partial charge is 0.481 e. The van der Waals surface area contributed by atoms with Crippen molar-refractivity contribution in [1.29, 1.82) is 0 Å². The lowest BCUT2D eigenvalue weighted by Gasteiger charge is -2.26. The van der Waals surface area contributed by atoms with Crippen LogP contribution in [-0.4, -0.2) is 71.7 Å². The fourth-order valence-corrected chi connectivity index (χ4v) is 4.83. The molecule has 9 nitrogen and oxygen atoms in total.